The van der Waals surface area contributed by atoms with Crippen LogP contribution in [0.5, 0.6) is 0 Å². The van der Waals surface area contributed by atoms with E-state index in [1.165, 1.54) is 0 Å². The minimum atomic E-state index is -1.24. The first kappa shape index (κ1) is 19.1. The van der Waals surface area contributed by atoms with Crippen molar-refractivity contribution in [3.05, 3.63) is 0 Å². The number of esters is 1. The van der Waals surface area contributed by atoms with Crippen molar-refractivity contribution < 1.29 is 28.8 Å². The maximum Gasteiger partial charge on any atom is 0.310 e. The van der Waals surface area contributed by atoms with Gasteiger partial charge in [0.05, 0.1) is 24.7 Å². The molecule has 25 heavy (non-hydrogen) atoms. The van der Waals surface area contributed by atoms with Crippen molar-refractivity contribution in [2.45, 2.75) is 90.2 Å². The van der Waals surface area contributed by atoms with Gasteiger partial charge < -0.3 is 24.1 Å². The molecule has 3 fully saturated rings. The molecule has 0 aromatic rings. The van der Waals surface area contributed by atoms with Gasteiger partial charge in [-0.1, -0.05) is 6.92 Å². The van der Waals surface area contributed by atoms with E-state index in [4.69, 9.17) is 18.9 Å². The Hall–Kier alpha value is -0.690. The molecular weight excluding hydrogens is 324 g/mol. The Morgan fingerprint density at radius 2 is 1.92 bits per heavy atom. The number of hydrogen-bond donors (Lipinski definition) is 1. The highest BCUT2D eigenvalue weighted by Crippen LogP contribution is 2.53. The van der Waals surface area contributed by atoms with Crippen molar-refractivity contribution in [1.82, 2.24) is 0 Å². The van der Waals surface area contributed by atoms with Gasteiger partial charge in [-0.2, -0.15) is 0 Å². The average Bonchev–Trinajstić information content (AvgIpc) is 2.98. The van der Waals surface area contributed by atoms with E-state index in [1.807, 2.05) is 41.5 Å². The molecule has 3 aliphatic rings. The minimum Gasteiger partial charge on any atom is -0.460 e. The van der Waals surface area contributed by atoms with E-state index in [1.54, 1.807) is 0 Å². The minimum absolute atomic E-state index is 0.177. The Morgan fingerprint density at radius 1 is 1.24 bits per heavy atom. The zero-order chi connectivity index (χ0) is 18.6. The predicted molar refractivity (Wildman–Crippen MR) is 90.6 cm³/mol. The number of carbonyl (C=O) groups excluding carboxylic acids is 1. The van der Waals surface area contributed by atoms with E-state index in [-0.39, 0.29) is 30.0 Å². The molecule has 0 spiro atoms. The molecule has 3 heterocycles. The largest absolute Gasteiger partial charge is 0.460 e. The molecule has 0 aromatic heterocycles. The molecule has 3 rings (SSSR count). The molecule has 0 saturated carbocycles. The van der Waals surface area contributed by atoms with Gasteiger partial charge in [-0.3, -0.25) is 4.79 Å². The van der Waals surface area contributed by atoms with E-state index < -0.39 is 23.1 Å². The molecule has 6 nitrogen and oxygen atoms in total. The van der Waals surface area contributed by atoms with Crippen molar-refractivity contribution in [2.75, 3.05) is 6.61 Å². The van der Waals surface area contributed by atoms with E-state index in [9.17, 15) is 9.90 Å². The van der Waals surface area contributed by atoms with E-state index in [2.05, 4.69) is 0 Å². The van der Waals surface area contributed by atoms with Crippen LogP contribution in [0.15, 0.2) is 0 Å². The first-order chi connectivity index (χ1) is 11.5. The van der Waals surface area contributed by atoms with Crippen LogP contribution in [0.25, 0.3) is 0 Å². The monoisotopic (exact) mass is 356 g/mol. The summed E-state index contributed by atoms with van der Waals surface area (Å²) in [5, 5.41) is 11.0. The average molecular weight is 356 g/mol. The molecule has 0 aromatic carbocycles. The molecule has 0 aliphatic carbocycles. The first-order valence-corrected chi connectivity index (χ1v) is 9.40. The van der Waals surface area contributed by atoms with Crippen molar-refractivity contribution in [2.24, 2.45) is 17.8 Å². The second-order valence-electron chi connectivity index (χ2n) is 9.06. The molecule has 0 radical (unpaired) electrons. The van der Waals surface area contributed by atoms with Crippen LogP contribution in [0.1, 0.15) is 60.8 Å². The summed E-state index contributed by atoms with van der Waals surface area (Å²) in [5.41, 5.74) is -0.577. The van der Waals surface area contributed by atoms with Gasteiger partial charge in [-0.15, -0.1) is 0 Å². The van der Waals surface area contributed by atoms with Crippen LogP contribution in [-0.4, -0.2) is 47.1 Å². The van der Waals surface area contributed by atoms with Crippen LogP contribution in [-0.2, 0) is 23.7 Å². The Labute approximate surface area is 150 Å². The number of carbonyl (C=O) groups is 1. The number of fused-ring (bicyclic) bond motifs is 2. The first-order valence-electron chi connectivity index (χ1n) is 9.40. The van der Waals surface area contributed by atoms with Gasteiger partial charge in [0.1, 0.15) is 5.60 Å². The van der Waals surface area contributed by atoms with Crippen LogP contribution >= 0.6 is 0 Å². The summed E-state index contributed by atoms with van der Waals surface area (Å²) in [6.07, 6.45) is 1.45. The van der Waals surface area contributed by atoms with Crippen LogP contribution in [0.2, 0.25) is 0 Å². The summed E-state index contributed by atoms with van der Waals surface area (Å²) in [6.45, 7) is 11.7. The summed E-state index contributed by atoms with van der Waals surface area (Å²) in [4.78, 5) is 13.1. The number of rotatable bonds is 3. The highest BCUT2D eigenvalue weighted by Gasteiger charge is 2.62. The highest BCUT2D eigenvalue weighted by atomic mass is 16.7. The van der Waals surface area contributed by atoms with Crippen molar-refractivity contribution in [3.63, 3.8) is 0 Å². The molecule has 2 bridgehead atoms. The van der Waals surface area contributed by atoms with Crippen LogP contribution < -0.4 is 0 Å². The Balaban J connectivity index is 1.93. The molecule has 3 aliphatic heterocycles. The zero-order valence-corrected chi connectivity index (χ0v) is 16.2. The summed E-state index contributed by atoms with van der Waals surface area (Å²) in [6, 6.07) is 0. The van der Waals surface area contributed by atoms with Crippen LogP contribution in [0, 0.1) is 17.8 Å². The fourth-order valence-electron chi connectivity index (χ4n) is 4.69. The Bertz CT molecular complexity index is 524. The van der Waals surface area contributed by atoms with E-state index >= 15 is 0 Å². The van der Waals surface area contributed by atoms with Crippen molar-refractivity contribution in [3.8, 4) is 0 Å². The molecule has 144 valence electrons. The third-order valence-corrected chi connectivity index (χ3v) is 5.58. The molecule has 0 unspecified atom stereocenters. The van der Waals surface area contributed by atoms with Gasteiger partial charge >= 0.3 is 5.97 Å². The lowest BCUT2D eigenvalue weighted by Gasteiger charge is -2.47. The van der Waals surface area contributed by atoms with Gasteiger partial charge in [0.25, 0.3) is 0 Å². The highest BCUT2D eigenvalue weighted by molar-refractivity contribution is 5.74. The summed E-state index contributed by atoms with van der Waals surface area (Å²) in [7, 11) is 0. The summed E-state index contributed by atoms with van der Waals surface area (Å²) >= 11 is 0. The quantitative estimate of drug-likeness (QED) is 0.784. The zero-order valence-electron chi connectivity index (χ0n) is 16.2. The fourth-order valence-corrected chi connectivity index (χ4v) is 4.69. The summed E-state index contributed by atoms with van der Waals surface area (Å²) < 4.78 is 23.5. The topological polar surface area (TPSA) is 74.2 Å². The van der Waals surface area contributed by atoms with Crippen molar-refractivity contribution >= 4 is 5.97 Å². The van der Waals surface area contributed by atoms with Gasteiger partial charge in [0.15, 0.2) is 11.6 Å². The molecule has 3 saturated heterocycles. The smallest absolute Gasteiger partial charge is 0.310 e. The van der Waals surface area contributed by atoms with Crippen LogP contribution in [0.3, 0.4) is 0 Å². The van der Waals surface area contributed by atoms with Crippen LogP contribution in [0.4, 0.5) is 0 Å². The third kappa shape index (κ3) is 3.59. The van der Waals surface area contributed by atoms with Gasteiger partial charge in [-0.25, -0.2) is 0 Å². The van der Waals surface area contributed by atoms with Gasteiger partial charge in [0, 0.05) is 18.3 Å². The summed E-state index contributed by atoms with van der Waals surface area (Å²) in [5.74, 6) is -3.13. The third-order valence-electron chi connectivity index (χ3n) is 5.58. The van der Waals surface area contributed by atoms with E-state index in [0.717, 1.165) is 6.42 Å². The van der Waals surface area contributed by atoms with E-state index in [0.29, 0.717) is 19.4 Å². The molecule has 6 heteroatoms. The van der Waals surface area contributed by atoms with Gasteiger partial charge in [0.2, 0.25) is 0 Å². The standard InChI is InChI=1S/C19H32O6/c1-7-11-14(16(20)25-17(2,3)4)15(12-8-9-19(11,21)24-12)13-10-22-18(5,6)23-13/h11-15,21H,7-10H2,1-6H3/t11-,12-,13+,14-,15-,19+/m0/s1. The molecule has 1 N–H and O–H groups in total. The number of hydrogen-bond acceptors (Lipinski definition) is 6. The predicted octanol–water partition coefficient (Wildman–Crippen LogP) is 2.62. The fraction of sp³-hybridized carbons (Fsp3) is 0.947. The Morgan fingerprint density at radius 3 is 2.44 bits per heavy atom. The number of ether oxygens (including phenoxy) is 4. The SMILES string of the molecule is CC[C@H]1[C@H](C(=O)OC(C)(C)C)[C@H]([C@H]2COC(C)(C)O2)[C@@H]2CC[C@@]1(O)O2. The van der Waals surface area contributed by atoms with Crippen molar-refractivity contribution in [1.29, 1.82) is 0 Å². The normalized spacial score (nSPS) is 43.2. The number of aliphatic hydroxyl groups is 1. The van der Waals surface area contributed by atoms with Gasteiger partial charge in [-0.05, 0) is 47.5 Å². The lowest BCUT2D eigenvalue weighted by molar-refractivity contribution is -0.290. The molecule has 6 atom stereocenters. The lowest BCUT2D eigenvalue weighted by Crippen LogP contribution is -2.57. The maximum absolute atomic E-state index is 13.1. The maximum atomic E-state index is 13.1. The molecule has 0 amide bonds. The lowest BCUT2D eigenvalue weighted by atomic mass is 9.71. The molecular formula is C19H32O6. The second-order valence-corrected chi connectivity index (χ2v) is 9.06. The Kier molecular flexibility index (Phi) is 4.72. The second kappa shape index (κ2) is 6.19.